The second-order valence-electron chi connectivity index (χ2n) is 5.85. The lowest BCUT2D eigenvalue weighted by Gasteiger charge is -2.46. The van der Waals surface area contributed by atoms with Crippen molar-refractivity contribution in [3.05, 3.63) is 0 Å². The van der Waals surface area contributed by atoms with Crippen LogP contribution in [0.15, 0.2) is 0 Å². The number of nitrogens with one attached hydrogen (secondary N) is 2. The van der Waals surface area contributed by atoms with Gasteiger partial charge in [0.05, 0.1) is 30.7 Å². The summed E-state index contributed by atoms with van der Waals surface area (Å²) in [4.78, 5) is 33.9. The Labute approximate surface area is 139 Å². The lowest BCUT2D eigenvalue weighted by atomic mass is 9.90. The fourth-order valence-corrected chi connectivity index (χ4v) is 2.66. The molecular formula is C14H24N2O8. The zero-order valence-corrected chi connectivity index (χ0v) is 14.0. The van der Waals surface area contributed by atoms with E-state index in [4.69, 9.17) is 9.47 Å². The minimum Gasteiger partial charge on any atom is -0.408 e. The van der Waals surface area contributed by atoms with E-state index in [9.17, 15) is 29.7 Å². The Kier molecular flexibility index (Phi) is 6.67. The Balaban J connectivity index is 3.18. The molecule has 1 aliphatic rings. The Bertz CT molecular complexity index is 479. The lowest BCUT2D eigenvalue weighted by Crippen LogP contribution is -2.68. The number of carbonyl (C=O) groups excluding carboxylic acids is 3. The summed E-state index contributed by atoms with van der Waals surface area (Å²) in [6.07, 6.45) is -4.28. The summed E-state index contributed by atoms with van der Waals surface area (Å²) in [6.45, 7) is 4.83. The first-order chi connectivity index (χ1) is 10.9. The maximum absolute atomic E-state index is 11.4. The maximum Gasteiger partial charge on any atom is 0.329 e. The van der Waals surface area contributed by atoms with Crippen LogP contribution in [-0.4, -0.2) is 69.5 Å². The Morgan fingerprint density at radius 2 is 1.83 bits per heavy atom. The molecule has 1 rings (SSSR count). The van der Waals surface area contributed by atoms with Gasteiger partial charge in [0.1, 0.15) is 6.10 Å². The molecule has 1 heterocycles. The van der Waals surface area contributed by atoms with Gasteiger partial charge in [-0.2, -0.15) is 0 Å². The molecule has 1 aliphatic heterocycles. The standard InChI is InChI=1S/C14H24N2O8/c1-6(17)11(15-7(2)18)13-12(16-8(3)19)10(21)5-14(22,24-13)23-9(4)20/h6,10-13,17,21-22H,5H2,1-4H3,(H,15,18)(H,16,19)/t6-,10?,11-,12?,13?,14?/m0/s1. The molecule has 6 atom stereocenters. The van der Waals surface area contributed by atoms with Crippen LogP contribution in [-0.2, 0) is 23.9 Å². The van der Waals surface area contributed by atoms with Gasteiger partial charge in [-0.3, -0.25) is 14.4 Å². The molecule has 4 unspecified atom stereocenters. The number of aliphatic hydroxyl groups excluding tert-OH is 2. The number of aliphatic hydroxyl groups is 3. The molecule has 0 saturated carbocycles. The molecule has 2 amide bonds. The van der Waals surface area contributed by atoms with Gasteiger partial charge in [0.15, 0.2) is 0 Å². The maximum atomic E-state index is 11.4. The highest BCUT2D eigenvalue weighted by Gasteiger charge is 2.52. The van der Waals surface area contributed by atoms with E-state index in [2.05, 4.69) is 10.6 Å². The van der Waals surface area contributed by atoms with E-state index in [0.717, 1.165) is 6.92 Å². The van der Waals surface area contributed by atoms with Crippen molar-refractivity contribution in [3.8, 4) is 0 Å². The van der Waals surface area contributed by atoms with Crippen molar-refractivity contribution in [2.45, 2.75) is 70.5 Å². The molecule has 1 fully saturated rings. The Hall–Kier alpha value is -1.75. The average molecular weight is 348 g/mol. The molecule has 10 heteroatoms. The molecular weight excluding hydrogens is 324 g/mol. The zero-order chi connectivity index (χ0) is 18.7. The van der Waals surface area contributed by atoms with Gasteiger partial charge < -0.3 is 35.4 Å². The van der Waals surface area contributed by atoms with E-state index < -0.39 is 60.6 Å². The summed E-state index contributed by atoms with van der Waals surface area (Å²) >= 11 is 0. The zero-order valence-electron chi connectivity index (χ0n) is 14.0. The van der Waals surface area contributed by atoms with E-state index in [-0.39, 0.29) is 0 Å². The van der Waals surface area contributed by atoms with E-state index in [1.807, 2.05) is 0 Å². The van der Waals surface area contributed by atoms with Crippen LogP contribution in [0, 0.1) is 0 Å². The number of carbonyl (C=O) groups is 3. The Morgan fingerprint density at radius 3 is 2.25 bits per heavy atom. The SMILES string of the molecule is CC(=O)NC1C(O)CC(O)(OC(C)=O)OC1[C@@H](NC(C)=O)[C@H](C)O. The van der Waals surface area contributed by atoms with Gasteiger partial charge in [-0.1, -0.05) is 0 Å². The number of hydrogen-bond acceptors (Lipinski definition) is 8. The van der Waals surface area contributed by atoms with Crippen molar-refractivity contribution in [1.82, 2.24) is 10.6 Å². The number of amides is 2. The summed E-state index contributed by atoms with van der Waals surface area (Å²) in [5.41, 5.74) is 0. The lowest BCUT2D eigenvalue weighted by molar-refractivity contribution is -0.390. The molecule has 0 aromatic rings. The van der Waals surface area contributed by atoms with Crippen molar-refractivity contribution in [1.29, 1.82) is 0 Å². The third kappa shape index (κ3) is 5.41. The third-order valence-corrected chi connectivity index (χ3v) is 3.47. The quantitative estimate of drug-likeness (QED) is 0.275. The number of hydrogen-bond donors (Lipinski definition) is 5. The predicted molar refractivity (Wildman–Crippen MR) is 79.1 cm³/mol. The van der Waals surface area contributed by atoms with Crippen molar-refractivity contribution < 1.29 is 39.2 Å². The largest absolute Gasteiger partial charge is 0.408 e. The van der Waals surface area contributed by atoms with Gasteiger partial charge >= 0.3 is 11.9 Å². The normalized spacial score (nSPS) is 32.4. The molecule has 0 aromatic carbocycles. The topological polar surface area (TPSA) is 154 Å². The summed E-state index contributed by atoms with van der Waals surface area (Å²) in [7, 11) is 0. The van der Waals surface area contributed by atoms with Crippen LogP contribution in [0.25, 0.3) is 0 Å². The van der Waals surface area contributed by atoms with Crippen LogP contribution in [0.1, 0.15) is 34.1 Å². The molecule has 0 radical (unpaired) electrons. The van der Waals surface area contributed by atoms with Crippen LogP contribution in [0.2, 0.25) is 0 Å². The van der Waals surface area contributed by atoms with Gasteiger partial charge in [0.25, 0.3) is 0 Å². The molecule has 138 valence electrons. The molecule has 10 nitrogen and oxygen atoms in total. The van der Waals surface area contributed by atoms with Crippen LogP contribution in [0.4, 0.5) is 0 Å². The molecule has 0 aliphatic carbocycles. The van der Waals surface area contributed by atoms with E-state index in [0.29, 0.717) is 0 Å². The average Bonchev–Trinajstić information content (AvgIpc) is 2.37. The fourth-order valence-electron chi connectivity index (χ4n) is 2.66. The van der Waals surface area contributed by atoms with Gasteiger partial charge in [-0.25, -0.2) is 0 Å². The summed E-state index contributed by atoms with van der Waals surface area (Å²) in [6, 6.07) is -2.14. The first-order valence-corrected chi connectivity index (χ1v) is 7.45. The van der Waals surface area contributed by atoms with Crippen LogP contribution >= 0.6 is 0 Å². The van der Waals surface area contributed by atoms with Crippen molar-refractivity contribution in [3.63, 3.8) is 0 Å². The highest BCUT2D eigenvalue weighted by Crippen LogP contribution is 2.31. The second kappa shape index (κ2) is 7.88. The summed E-state index contributed by atoms with van der Waals surface area (Å²) in [5, 5.41) is 35.3. The highest BCUT2D eigenvalue weighted by atomic mass is 16.8. The first-order valence-electron chi connectivity index (χ1n) is 7.45. The minimum absolute atomic E-state index is 0.488. The molecule has 0 spiro atoms. The second-order valence-corrected chi connectivity index (χ2v) is 5.85. The van der Waals surface area contributed by atoms with E-state index in [1.54, 1.807) is 0 Å². The van der Waals surface area contributed by atoms with Crippen molar-refractivity contribution in [2.75, 3.05) is 0 Å². The molecule has 24 heavy (non-hydrogen) atoms. The molecule has 0 bridgehead atoms. The van der Waals surface area contributed by atoms with Crippen molar-refractivity contribution in [2.24, 2.45) is 0 Å². The first kappa shape index (κ1) is 20.3. The Morgan fingerprint density at radius 1 is 1.25 bits per heavy atom. The van der Waals surface area contributed by atoms with Gasteiger partial charge in [-0.15, -0.1) is 0 Å². The van der Waals surface area contributed by atoms with Crippen LogP contribution < -0.4 is 10.6 Å². The minimum atomic E-state index is -2.45. The summed E-state index contributed by atoms with van der Waals surface area (Å²) in [5.74, 6) is -4.29. The summed E-state index contributed by atoms with van der Waals surface area (Å²) < 4.78 is 10.1. The predicted octanol–water partition coefficient (Wildman–Crippen LogP) is -2.26. The van der Waals surface area contributed by atoms with Gasteiger partial charge in [-0.05, 0) is 6.92 Å². The van der Waals surface area contributed by atoms with Crippen LogP contribution in [0.5, 0.6) is 0 Å². The van der Waals surface area contributed by atoms with E-state index in [1.165, 1.54) is 20.8 Å². The van der Waals surface area contributed by atoms with Crippen LogP contribution in [0.3, 0.4) is 0 Å². The van der Waals surface area contributed by atoms with Crippen molar-refractivity contribution >= 4 is 17.8 Å². The van der Waals surface area contributed by atoms with E-state index >= 15 is 0 Å². The van der Waals surface area contributed by atoms with Gasteiger partial charge in [0.2, 0.25) is 11.8 Å². The highest BCUT2D eigenvalue weighted by molar-refractivity contribution is 5.74. The fraction of sp³-hybridized carbons (Fsp3) is 0.786. The third-order valence-electron chi connectivity index (χ3n) is 3.47. The molecule has 5 N–H and O–H groups in total. The van der Waals surface area contributed by atoms with Gasteiger partial charge in [0, 0.05) is 20.8 Å². The number of esters is 1. The smallest absolute Gasteiger partial charge is 0.329 e. The monoisotopic (exact) mass is 348 g/mol. The molecule has 1 saturated heterocycles. The number of rotatable bonds is 5. The molecule has 0 aromatic heterocycles. The number of ether oxygens (including phenoxy) is 2.